The van der Waals surface area contributed by atoms with Gasteiger partial charge in [0.2, 0.25) is 5.91 Å². The van der Waals surface area contributed by atoms with Crippen molar-refractivity contribution in [2.24, 2.45) is 0 Å². The van der Waals surface area contributed by atoms with Crippen LogP contribution in [0.1, 0.15) is 0 Å². The number of amides is 1. The molecular formula is C3H3N2OS. The standard InChI is InChI=1S/C3H3N2OS/c6-2-1-4-3(7)5-2/h1H2,(H,5,6,7). The van der Waals surface area contributed by atoms with Crippen molar-refractivity contribution < 1.29 is 4.79 Å². The van der Waals surface area contributed by atoms with Gasteiger partial charge in [0.25, 0.3) is 0 Å². The number of hydrogen-bond donors (Lipinski definition) is 1. The molecule has 1 N–H and O–H groups in total. The number of nitrogens with one attached hydrogen (secondary N) is 1. The Bertz CT molecular complexity index is 108. The number of rotatable bonds is 0. The topological polar surface area (TPSA) is 43.2 Å². The predicted octanol–water partition coefficient (Wildman–Crippen LogP) is -0.994. The van der Waals surface area contributed by atoms with Crippen molar-refractivity contribution in [2.45, 2.75) is 0 Å². The van der Waals surface area contributed by atoms with Gasteiger partial charge in [-0.3, -0.25) is 10.1 Å². The molecule has 1 amide bonds. The molecule has 1 heterocycles. The molecule has 0 aromatic carbocycles. The van der Waals surface area contributed by atoms with Crippen LogP contribution in [-0.2, 0) is 4.79 Å². The summed E-state index contributed by atoms with van der Waals surface area (Å²) in [5.74, 6) is -0.106. The van der Waals surface area contributed by atoms with Crippen LogP contribution in [0.2, 0.25) is 0 Å². The van der Waals surface area contributed by atoms with Crippen molar-refractivity contribution in [3.05, 3.63) is 0 Å². The third-order valence-corrected chi connectivity index (χ3v) is 0.844. The summed E-state index contributed by atoms with van der Waals surface area (Å²) in [4.78, 5) is 10.2. The van der Waals surface area contributed by atoms with Crippen molar-refractivity contribution in [3.8, 4) is 0 Å². The molecule has 0 unspecified atom stereocenters. The fourth-order valence-electron chi connectivity index (χ4n) is 0.342. The number of thiocarbonyl (C=S) groups is 1. The molecule has 1 radical (unpaired) electrons. The minimum Gasteiger partial charge on any atom is -0.300 e. The maximum Gasteiger partial charge on any atom is 0.247 e. The van der Waals surface area contributed by atoms with E-state index >= 15 is 0 Å². The van der Waals surface area contributed by atoms with Crippen LogP contribution in [0, 0.1) is 0 Å². The molecule has 1 rings (SSSR count). The SMILES string of the molecule is O=C1C[N]C(=S)N1. The van der Waals surface area contributed by atoms with E-state index in [-0.39, 0.29) is 12.5 Å². The summed E-state index contributed by atoms with van der Waals surface area (Å²) in [5, 5.41) is 6.24. The highest BCUT2D eigenvalue weighted by Gasteiger charge is 2.12. The van der Waals surface area contributed by atoms with Crippen molar-refractivity contribution in [2.75, 3.05) is 6.54 Å². The molecule has 7 heavy (non-hydrogen) atoms. The summed E-state index contributed by atoms with van der Waals surface area (Å²) >= 11 is 4.50. The molecule has 0 saturated carbocycles. The van der Waals surface area contributed by atoms with E-state index in [9.17, 15) is 4.79 Å². The van der Waals surface area contributed by atoms with Gasteiger partial charge in [-0.2, -0.15) is 0 Å². The van der Waals surface area contributed by atoms with Crippen LogP contribution in [0.5, 0.6) is 0 Å². The van der Waals surface area contributed by atoms with Gasteiger partial charge in [-0.05, 0) is 12.2 Å². The zero-order chi connectivity index (χ0) is 5.28. The fraction of sp³-hybridized carbons (Fsp3) is 0.333. The Morgan fingerprint density at radius 2 is 2.57 bits per heavy atom. The Morgan fingerprint density at radius 1 is 1.86 bits per heavy atom. The smallest absolute Gasteiger partial charge is 0.247 e. The first-order chi connectivity index (χ1) is 3.29. The molecule has 0 aromatic heterocycles. The molecule has 1 saturated heterocycles. The third-order valence-electron chi connectivity index (χ3n) is 0.613. The third kappa shape index (κ3) is 0.866. The summed E-state index contributed by atoms with van der Waals surface area (Å²) in [6.07, 6.45) is 0. The Labute approximate surface area is 46.1 Å². The average molecular weight is 115 g/mol. The molecule has 0 bridgehead atoms. The van der Waals surface area contributed by atoms with Crippen molar-refractivity contribution in [1.29, 1.82) is 0 Å². The lowest BCUT2D eigenvalue weighted by atomic mass is 10.7. The second-order valence-corrected chi connectivity index (χ2v) is 1.56. The van der Waals surface area contributed by atoms with E-state index in [0.717, 1.165) is 0 Å². The quantitative estimate of drug-likeness (QED) is 0.412. The molecule has 3 nitrogen and oxygen atoms in total. The van der Waals surface area contributed by atoms with Gasteiger partial charge in [0, 0.05) is 0 Å². The first-order valence-corrected chi connectivity index (χ1v) is 2.21. The van der Waals surface area contributed by atoms with Crippen LogP contribution < -0.4 is 10.6 Å². The summed E-state index contributed by atoms with van der Waals surface area (Å²) in [7, 11) is 0. The molecule has 0 atom stereocenters. The van der Waals surface area contributed by atoms with E-state index in [1.165, 1.54) is 0 Å². The van der Waals surface area contributed by atoms with Crippen LogP contribution in [0.25, 0.3) is 0 Å². The number of carbonyl (C=O) groups is 1. The lowest BCUT2D eigenvalue weighted by molar-refractivity contribution is -0.117. The molecule has 37 valence electrons. The monoisotopic (exact) mass is 115 g/mol. The first-order valence-electron chi connectivity index (χ1n) is 1.80. The maximum atomic E-state index is 10.2. The Kier molecular flexibility index (Phi) is 0.941. The van der Waals surface area contributed by atoms with Crippen LogP contribution in [-0.4, -0.2) is 17.6 Å². The Morgan fingerprint density at radius 3 is 2.71 bits per heavy atom. The van der Waals surface area contributed by atoms with Crippen LogP contribution in [0.15, 0.2) is 0 Å². The molecule has 1 aliphatic rings. The average Bonchev–Trinajstić information content (AvgIpc) is 1.87. The molecule has 0 spiro atoms. The largest absolute Gasteiger partial charge is 0.300 e. The first kappa shape index (κ1) is 4.52. The normalized spacial score (nSPS) is 18.9. The molecule has 0 aliphatic carbocycles. The highest BCUT2D eigenvalue weighted by molar-refractivity contribution is 7.80. The van der Waals surface area contributed by atoms with Gasteiger partial charge < -0.3 is 0 Å². The number of nitrogens with zero attached hydrogens (tertiary/aromatic N) is 1. The van der Waals surface area contributed by atoms with E-state index in [1.54, 1.807) is 0 Å². The summed E-state index contributed by atoms with van der Waals surface area (Å²) in [5.41, 5.74) is 0. The second kappa shape index (κ2) is 1.46. The van der Waals surface area contributed by atoms with Crippen molar-refractivity contribution in [3.63, 3.8) is 0 Å². The zero-order valence-electron chi connectivity index (χ0n) is 3.47. The predicted molar refractivity (Wildman–Crippen MR) is 27.7 cm³/mol. The lowest BCUT2D eigenvalue weighted by Crippen LogP contribution is -2.19. The molecule has 1 fully saturated rings. The Hall–Kier alpha value is -0.640. The van der Waals surface area contributed by atoms with E-state index in [0.29, 0.717) is 5.11 Å². The van der Waals surface area contributed by atoms with Gasteiger partial charge in [0.05, 0.1) is 0 Å². The molecular weight excluding hydrogens is 112 g/mol. The highest BCUT2D eigenvalue weighted by Crippen LogP contribution is 1.78. The maximum absolute atomic E-state index is 10.2. The summed E-state index contributed by atoms with van der Waals surface area (Å²) in [6.45, 7) is 0.207. The van der Waals surface area contributed by atoms with Crippen LogP contribution >= 0.6 is 12.2 Å². The zero-order valence-corrected chi connectivity index (χ0v) is 4.29. The summed E-state index contributed by atoms with van der Waals surface area (Å²) in [6, 6.07) is 0. The number of carbonyl (C=O) groups excluding carboxylic acids is 1. The fourth-order valence-corrected chi connectivity index (χ4v) is 0.520. The van der Waals surface area contributed by atoms with E-state index in [1.807, 2.05) is 0 Å². The highest BCUT2D eigenvalue weighted by atomic mass is 32.1. The summed E-state index contributed by atoms with van der Waals surface area (Å²) < 4.78 is 0. The van der Waals surface area contributed by atoms with Gasteiger partial charge in [-0.25, -0.2) is 5.32 Å². The van der Waals surface area contributed by atoms with Crippen LogP contribution in [0.3, 0.4) is 0 Å². The van der Waals surface area contributed by atoms with Crippen LogP contribution in [0.4, 0.5) is 0 Å². The van der Waals surface area contributed by atoms with E-state index < -0.39 is 0 Å². The lowest BCUT2D eigenvalue weighted by Gasteiger charge is -1.81. The molecule has 0 aromatic rings. The van der Waals surface area contributed by atoms with Gasteiger partial charge in [0.1, 0.15) is 6.54 Å². The van der Waals surface area contributed by atoms with Gasteiger partial charge >= 0.3 is 0 Å². The minimum atomic E-state index is -0.106. The minimum absolute atomic E-state index is 0.106. The van der Waals surface area contributed by atoms with Gasteiger partial charge in [-0.15, -0.1) is 0 Å². The Balaban J connectivity index is 2.55. The van der Waals surface area contributed by atoms with Crippen molar-refractivity contribution >= 4 is 23.2 Å². The number of hydrogen-bond acceptors (Lipinski definition) is 2. The van der Waals surface area contributed by atoms with E-state index in [2.05, 4.69) is 22.9 Å². The van der Waals surface area contributed by atoms with Gasteiger partial charge in [-0.1, -0.05) is 0 Å². The molecule has 1 aliphatic heterocycles. The van der Waals surface area contributed by atoms with E-state index in [4.69, 9.17) is 0 Å². The van der Waals surface area contributed by atoms with Crippen molar-refractivity contribution in [1.82, 2.24) is 10.6 Å². The molecule has 4 heteroatoms. The van der Waals surface area contributed by atoms with Gasteiger partial charge in [0.15, 0.2) is 5.11 Å². The second-order valence-electron chi connectivity index (χ2n) is 1.17.